The molecule has 1 aliphatic heterocycles. The standard InChI is InChI=1S/C22H24N2O4S/c1-6-13(3)24-20(25)19(29-22(24)28)11-17-10-14(4)23(15(17)5)18-8-7-16(21(26)27)9-12(18)2/h7-11,13H,6H2,1-5H3,(H,26,27)/b19-11+/t13-/m1/s1. The molecule has 3 rings (SSSR count). The first kappa shape index (κ1) is 20.9. The average molecular weight is 413 g/mol. The van der Waals surface area contributed by atoms with Crippen LogP contribution in [0.1, 0.15) is 53.1 Å². The van der Waals surface area contributed by atoms with Gasteiger partial charge in [0.25, 0.3) is 11.1 Å². The molecule has 0 saturated carbocycles. The third-order valence-electron chi connectivity index (χ3n) is 5.30. The zero-order valence-electron chi connectivity index (χ0n) is 17.1. The second kappa shape index (κ2) is 7.91. The number of hydrogen-bond acceptors (Lipinski definition) is 4. The van der Waals surface area contributed by atoms with Crippen molar-refractivity contribution in [2.45, 2.75) is 47.1 Å². The van der Waals surface area contributed by atoms with Crippen LogP contribution in [0.2, 0.25) is 0 Å². The lowest BCUT2D eigenvalue weighted by atomic mass is 10.1. The number of aromatic nitrogens is 1. The molecule has 1 atom stereocenters. The van der Waals surface area contributed by atoms with E-state index in [1.54, 1.807) is 24.3 Å². The summed E-state index contributed by atoms with van der Waals surface area (Å²) in [5, 5.41) is 8.96. The zero-order chi connectivity index (χ0) is 21.5. The first-order valence-electron chi connectivity index (χ1n) is 9.46. The van der Waals surface area contributed by atoms with E-state index in [0.29, 0.717) is 11.3 Å². The van der Waals surface area contributed by atoms with Crippen LogP contribution in [0.5, 0.6) is 0 Å². The number of amides is 2. The predicted molar refractivity (Wildman–Crippen MR) is 115 cm³/mol. The summed E-state index contributed by atoms with van der Waals surface area (Å²) < 4.78 is 2.03. The van der Waals surface area contributed by atoms with E-state index in [0.717, 1.165) is 40.0 Å². The van der Waals surface area contributed by atoms with Crippen LogP contribution in [0.15, 0.2) is 29.2 Å². The fourth-order valence-electron chi connectivity index (χ4n) is 3.53. The molecule has 0 bridgehead atoms. The van der Waals surface area contributed by atoms with Gasteiger partial charge < -0.3 is 9.67 Å². The minimum atomic E-state index is -0.960. The van der Waals surface area contributed by atoms with E-state index >= 15 is 0 Å². The molecule has 29 heavy (non-hydrogen) atoms. The number of rotatable bonds is 5. The summed E-state index contributed by atoms with van der Waals surface area (Å²) in [6.07, 6.45) is 2.48. The van der Waals surface area contributed by atoms with Gasteiger partial charge in [-0.15, -0.1) is 0 Å². The Hall–Kier alpha value is -2.80. The minimum Gasteiger partial charge on any atom is -0.478 e. The van der Waals surface area contributed by atoms with Crippen molar-refractivity contribution in [2.75, 3.05) is 0 Å². The number of carbonyl (C=O) groups excluding carboxylic acids is 2. The van der Waals surface area contributed by atoms with Crippen LogP contribution in [-0.4, -0.2) is 37.7 Å². The van der Waals surface area contributed by atoms with Gasteiger partial charge in [0.05, 0.1) is 10.5 Å². The molecule has 0 aliphatic carbocycles. The summed E-state index contributed by atoms with van der Waals surface area (Å²) >= 11 is 0.972. The highest BCUT2D eigenvalue weighted by Gasteiger charge is 2.37. The number of thioether (sulfide) groups is 1. The number of nitrogens with zero attached hydrogens (tertiary/aromatic N) is 2. The van der Waals surface area contributed by atoms with Crippen molar-refractivity contribution in [1.29, 1.82) is 0 Å². The second-order valence-electron chi connectivity index (χ2n) is 7.28. The van der Waals surface area contributed by atoms with Gasteiger partial charge in [0.1, 0.15) is 0 Å². The van der Waals surface area contributed by atoms with Gasteiger partial charge in [-0.25, -0.2) is 4.79 Å². The maximum absolute atomic E-state index is 12.7. The zero-order valence-corrected chi connectivity index (χ0v) is 18.0. The molecule has 0 unspecified atom stereocenters. The highest BCUT2D eigenvalue weighted by Crippen LogP contribution is 2.35. The molecular formula is C22H24N2O4S. The Kier molecular flexibility index (Phi) is 5.71. The lowest BCUT2D eigenvalue weighted by Crippen LogP contribution is -2.36. The van der Waals surface area contributed by atoms with E-state index in [-0.39, 0.29) is 22.8 Å². The van der Waals surface area contributed by atoms with Crippen LogP contribution in [0.3, 0.4) is 0 Å². The SMILES string of the molecule is CC[C@@H](C)N1C(=O)S/C(=C/c2cc(C)n(-c3ccc(C(=O)O)cc3C)c2C)C1=O. The first-order valence-corrected chi connectivity index (χ1v) is 10.3. The molecule has 2 amide bonds. The molecule has 6 nitrogen and oxygen atoms in total. The Morgan fingerprint density at radius 1 is 1.21 bits per heavy atom. The molecule has 0 spiro atoms. The molecule has 1 fully saturated rings. The van der Waals surface area contributed by atoms with Crippen molar-refractivity contribution in [3.8, 4) is 5.69 Å². The van der Waals surface area contributed by atoms with Crippen molar-refractivity contribution < 1.29 is 19.5 Å². The van der Waals surface area contributed by atoms with E-state index in [1.165, 1.54) is 4.90 Å². The van der Waals surface area contributed by atoms with Gasteiger partial charge in [0.15, 0.2) is 0 Å². The first-order chi connectivity index (χ1) is 13.6. The molecule has 1 aliphatic rings. The maximum atomic E-state index is 12.7. The van der Waals surface area contributed by atoms with Crippen LogP contribution >= 0.6 is 11.8 Å². The van der Waals surface area contributed by atoms with E-state index in [2.05, 4.69) is 0 Å². The molecule has 1 N–H and O–H groups in total. The maximum Gasteiger partial charge on any atom is 0.335 e. The van der Waals surface area contributed by atoms with Crippen LogP contribution in [-0.2, 0) is 4.79 Å². The molecule has 1 saturated heterocycles. The van der Waals surface area contributed by atoms with Crippen molar-refractivity contribution in [3.63, 3.8) is 0 Å². The number of hydrogen-bond donors (Lipinski definition) is 1. The second-order valence-corrected chi connectivity index (χ2v) is 8.27. The molecule has 1 aromatic carbocycles. The van der Waals surface area contributed by atoms with Gasteiger partial charge in [-0.2, -0.15) is 0 Å². The summed E-state index contributed by atoms with van der Waals surface area (Å²) in [6.45, 7) is 9.60. The lowest BCUT2D eigenvalue weighted by molar-refractivity contribution is -0.124. The van der Waals surface area contributed by atoms with Crippen molar-refractivity contribution in [2.24, 2.45) is 0 Å². The Labute approximate surface area is 174 Å². The van der Waals surface area contributed by atoms with Gasteiger partial charge >= 0.3 is 5.97 Å². The Balaban J connectivity index is 2.01. The number of benzene rings is 1. The number of aromatic carboxylic acids is 1. The number of carbonyl (C=O) groups is 3. The van der Waals surface area contributed by atoms with Crippen LogP contribution in [0.25, 0.3) is 11.8 Å². The third-order valence-corrected chi connectivity index (χ3v) is 6.18. The highest BCUT2D eigenvalue weighted by atomic mass is 32.2. The van der Waals surface area contributed by atoms with E-state index in [4.69, 9.17) is 0 Å². The van der Waals surface area contributed by atoms with Crippen molar-refractivity contribution >= 4 is 35.0 Å². The number of imide groups is 1. The summed E-state index contributed by atoms with van der Waals surface area (Å²) in [5.74, 6) is -1.21. The van der Waals surface area contributed by atoms with Crippen LogP contribution < -0.4 is 0 Å². The number of carboxylic acids is 1. The smallest absolute Gasteiger partial charge is 0.335 e. The van der Waals surface area contributed by atoms with Crippen molar-refractivity contribution in [3.05, 3.63) is 57.2 Å². The average Bonchev–Trinajstić information content (AvgIpc) is 3.10. The molecule has 1 aromatic heterocycles. The van der Waals surface area contributed by atoms with Crippen LogP contribution in [0.4, 0.5) is 4.79 Å². The number of aryl methyl sites for hydroxylation is 2. The molecular weight excluding hydrogens is 388 g/mol. The third kappa shape index (κ3) is 3.74. The molecule has 7 heteroatoms. The molecule has 2 aromatic rings. The van der Waals surface area contributed by atoms with Gasteiger partial charge in [0, 0.05) is 23.1 Å². The minimum absolute atomic E-state index is 0.128. The Morgan fingerprint density at radius 2 is 1.90 bits per heavy atom. The van der Waals surface area contributed by atoms with Gasteiger partial charge in [0.2, 0.25) is 0 Å². The number of carboxylic acid groups (broad SMARTS) is 1. The van der Waals surface area contributed by atoms with E-state index < -0.39 is 5.97 Å². The van der Waals surface area contributed by atoms with Gasteiger partial charge in [-0.05, 0) is 87.3 Å². The molecule has 0 radical (unpaired) electrons. The lowest BCUT2D eigenvalue weighted by Gasteiger charge is -2.19. The molecule has 2 heterocycles. The molecule has 152 valence electrons. The normalized spacial score (nSPS) is 16.7. The topological polar surface area (TPSA) is 79.6 Å². The fraction of sp³-hybridized carbons (Fsp3) is 0.318. The summed E-state index contributed by atoms with van der Waals surface area (Å²) in [6, 6.07) is 6.86. The van der Waals surface area contributed by atoms with Gasteiger partial charge in [-0.1, -0.05) is 6.92 Å². The van der Waals surface area contributed by atoms with Crippen molar-refractivity contribution in [1.82, 2.24) is 9.47 Å². The largest absolute Gasteiger partial charge is 0.478 e. The monoisotopic (exact) mass is 412 g/mol. The summed E-state index contributed by atoms with van der Waals surface area (Å²) in [7, 11) is 0. The summed E-state index contributed by atoms with van der Waals surface area (Å²) in [5.41, 5.74) is 4.71. The van der Waals surface area contributed by atoms with Crippen LogP contribution in [0, 0.1) is 20.8 Å². The van der Waals surface area contributed by atoms with E-state index in [1.807, 2.05) is 45.3 Å². The Bertz CT molecular complexity index is 1050. The quantitative estimate of drug-likeness (QED) is 0.704. The van der Waals surface area contributed by atoms with Gasteiger partial charge in [-0.3, -0.25) is 14.5 Å². The predicted octanol–water partition coefficient (Wildman–Crippen LogP) is 4.94. The summed E-state index contributed by atoms with van der Waals surface area (Å²) in [4.78, 5) is 37.9. The fourth-order valence-corrected chi connectivity index (χ4v) is 4.45. The van der Waals surface area contributed by atoms with E-state index in [9.17, 15) is 19.5 Å². The highest BCUT2D eigenvalue weighted by molar-refractivity contribution is 8.18. The Morgan fingerprint density at radius 3 is 2.48 bits per heavy atom.